The third-order valence-electron chi connectivity index (χ3n) is 3.72. The second-order valence-corrected chi connectivity index (χ2v) is 5.07. The van der Waals surface area contributed by atoms with Crippen LogP contribution in [0.2, 0.25) is 0 Å². The summed E-state index contributed by atoms with van der Waals surface area (Å²) in [5, 5.41) is 27.4. The normalized spacial score (nSPS) is 10.9. The summed E-state index contributed by atoms with van der Waals surface area (Å²) in [6, 6.07) is 7.49. The summed E-state index contributed by atoms with van der Waals surface area (Å²) >= 11 is 0. The lowest BCUT2D eigenvalue weighted by atomic mass is 10.1. The van der Waals surface area contributed by atoms with E-state index in [4.69, 9.17) is 5.26 Å². The van der Waals surface area contributed by atoms with Crippen LogP contribution in [0.5, 0.6) is 5.88 Å². The van der Waals surface area contributed by atoms with Gasteiger partial charge in [-0.15, -0.1) is 5.11 Å². The Morgan fingerprint density at radius 1 is 1.18 bits per heavy atom. The zero-order chi connectivity index (χ0) is 16.4. The van der Waals surface area contributed by atoms with Crippen molar-refractivity contribution in [1.82, 2.24) is 4.57 Å². The fourth-order valence-electron chi connectivity index (χ4n) is 2.07. The molecule has 2 aromatic rings. The minimum atomic E-state index is -0.553. The predicted molar refractivity (Wildman–Crippen MR) is 82.9 cm³/mol. The number of nitrogens with zero attached hydrogens (tertiary/aromatic N) is 4. The smallest absolute Gasteiger partial charge is 0.271 e. The van der Waals surface area contributed by atoms with Crippen LogP contribution in [0.15, 0.2) is 33.2 Å². The van der Waals surface area contributed by atoms with Crippen molar-refractivity contribution in [1.29, 1.82) is 5.26 Å². The average molecular weight is 296 g/mol. The van der Waals surface area contributed by atoms with Gasteiger partial charge in [-0.05, 0) is 38.0 Å². The van der Waals surface area contributed by atoms with Crippen LogP contribution in [-0.4, -0.2) is 9.67 Å². The summed E-state index contributed by atoms with van der Waals surface area (Å²) in [5.74, 6) is -0.310. The number of hydrogen-bond acceptors (Lipinski definition) is 5. The number of aromatic hydroxyl groups is 1. The quantitative estimate of drug-likeness (QED) is 0.862. The Morgan fingerprint density at radius 3 is 2.50 bits per heavy atom. The maximum Gasteiger partial charge on any atom is 0.271 e. The summed E-state index contributed by atoms with van der Waals surface area (Å²) in [4.78, 5) is 11.9. The Labute approximate surface area is 128 Å². The molecule has 1 aromatic carbocycles. The van der Waals surface area contributed by atoms with Crippen molar-refractivity contribution >= 4 is 11.4 Å². The number of pyridine rings is 1. The number of azo groups is 1. The van der Waals surface area contributed by atoms with E-state index in [0.29, 0.717) is 11.3 Å². The summed E-state index contributed by atoms with van der Waals surface area (Å²) in [5.41, 5.74) is 2.57. The van der Waals surface area contributed by atoms with Gasteiger partial charge in [0, 0.05) is 12.6 Å². The molecular formula is C16H16N4O2. The van der Waals surface area contributed by atoms with E-state index in [9.17, 15) is 9.90 Å². The highest BCUT2D eigenvalue weighted by atomic mass is 16.3. The van der Waals surface area contributed by atoms with E-state index in [1.807, 2.05) is 38.1 Å². The molecule has 0 fully saturated rings. The van der Waals surface area contributed by atoms with Gasteiger partial charge in [-0.25, -0.2) is 0 Å². The standard InChI is InChI=1S/C16H16N4O2/c1-9-6-5-7-13(10(9)2)18-19-14-11(3)12(8-17)15(21)20(4)16(14)22/h5-7,22H,1-4H3/b19-18+. The van der Waals surface area contributed by atoms with E-state index in [2.05, 4.69) is 10.2 Å². The molecule has 0 aliphatic heterocycles. The van der Waals surface area contributed by atoms with Crippen LogP contribution in [0.1, 0.15) is 22.3 Å². The summed E-state index contributed by atoms with van der Waals surface area (Å²) in [7, 11) is 1.38. The van der Waals surface area contributed by atoms with Gasteiger partial charge in [-0.1, -0.05) is 12.1 Å². The van der Waals surface area contributed by atoms with Crippen molar-refractivity contribution in [3.63, 3.8) is 0 Å². The molecule has 0 saturated carbocycles. The summed E-state index contributed by atoms with van der Waals surface area (Å²) in [6.45, 7) is 5.46. The first-order valence-electron chi connectivity index (χ1n) is 6.69. The van der Waals surface area contributed by atoms with Gasteiger partial charge in [-0.2, -0.15) is 10.4 Å². The van der Waals surface area contributed by atoms with Crippen LogP contribution in [0.4, 0.5) is 11.4 Å². The zero-order valence-electron chi connectivity index (χ0n) is 12.9. The molecular weight excluding hydrogens is 280 g/mol. The van der Waals surface area contributed by atoms with Crippen molar-refractivity contribution in [3.8, 4) is 11.9 Å². The highest BCUT2D eigenvalue weighted by molar-refractivity contribution is 5.59. The fraction of sp³-hybridized carbons (Fsp3) is 0.250. The maximum absolute atomic E-state index is 11.9. The van der Waals surface area contributed by atoms with Crippen LogP contribution < -0.4 is 5.56 Å². The van der Waals surface area contributed by atoms with Crippen molar-refractivity contribution in [2.45, 2.75) is 20.8 Å². The van der Waals surface area contributed by atoms with E-state index in [1.54, 1.807) is 6.92 Å². The Morgan fingerprint density at radius 2 is 1.86 bits per heavy atom. The Kier molecular flexibility index (Phi) is 4.08. The average Bonchev–Trinajstić information content (AvgIpc) is 2.49. The molecule has 0 aliphatic rings. The van der Waals surface area contributed by atoms with Gasteiger partial charge < -0.3 is 5.11 Å². The van der Waals surface area contributed by atoms with Crippen LogP contribution in [0.3, 0.4) is 0 Å². The molecule has 0 saturated heterocycles. The maximum atomic E-state index is 11.9. The number of rotatable bonds is 2. The lowest BCUT2D eigenvalue weighted by Crippen LogP contribution is -2.20. The minimum Gasteiger partial charge on any atom is -0.493 e. The molecule has 0 unspecified atom stereocenters. The Bertz CT molecular complexity index is 873. The topological polar surface area (TPSA) is 90.7 Å². The third-order valence-corrected chi connectivity index (χ3v) is 3.72. The zero-order valence-corrected chi connectivity index (χ0v) is 12.9. The molecule has 0 atom stereocenters. The monoisotopic (exact) mass is 296 g/mol. The van der Waals surface area contributed by atoms with Gasteiger partial charge in [0.25, 0.3) is 5.56 Å². The molecule has 0 bridgehead atoms. The first kappa shape index (κ1) is 15.4. The highest BCUT2D eigenvalue weighted by Gasteiger charge is 2.17. The predicted octanol–water partition coefficient (Wildman–Crippen LogP) is 3.30. The first-order valence-corrected chi connectivity index (χ1v) is 6.69. The van der Waals surface area contributed by atoms with E-state index in [1.165, 1.54) is 7.05 Å². The SMILES string of the molecule is Cc1cccc(/N=N/c2c(C)c(C#N)c(=O)n(C)c2O)c1C. The van der Waals surface area contributed by atoms with E-state index in [0.717, 1.165) is 15.7 Å². The lowest BCUT2D eigenvalue weighted by molar-refractivity contribution is 0.424. The second-order valence-electron chi connectivity index (χ2n) is 5.07. The van der Waals surface area contributed by atoms with E-state index in [-0.39, 0.29) is 17.1 Å². The molecule has 2 rings (SSSR count). The number of aromatic nitrogens is 1. The van der Waals surface area contributed by atoms with Crippen molar-refractivity contribution in [2.75, 3.05) is 0 Å². The first-order chi connectivity index (χ1) is 10.4. The van der Waals surface area contributed by atoms with Gasteiger partial charge in [-0.3, -0.25) is 9.36 Å². The minimum absolute atomic E-state index is 0.0461. The molecule has 1 N–H and O–H groups in total. The van der Waals surface area contributed by atoms with Crippen molar-refractivity contribution in [2.24, 2.45) is 17.3 Å². The molecule has 1 heterocycles. The van der Waals surface area contributed by atoms with Gasteiger partial charge >= 0.3 is 0 Å². The van der Waals surface area contributed by atoms with Crippen LogP contribution in [0.25, 0.3) is 0 Å². The number of aryl methyl sites for hydroxylation is 1. The molecule has 22 heavy (non-hydrogen) atoms. The fourth-order valence-corrected chi connectivity index (χ4v) is 2.07. The van der Waals surface area contributed by atoms with Crippen molar-refractivity contribution in [3.05, 3.63) is 50.8 Å². The van der Waals surface area contributed by atoms with E-state index >= 15 is 0 Å². The molecule has 112 valence electrons. The van der Waals surface area contributed by atoms with Crippen LogP contribution in [-0.2, 0) is 7.05 Å². The number of nitriles is 1. The largest absolute Gasteiger partial charge is 0.493 e. The Hall–Kier alpha value is -2.94. The number of hydrogen-bond donors (Lipinski definition) is 1. The molecule has 0 radical (unpaired) electrons. The number of benzene rings is 1. The van der Waals surface area contributed by atoms with Crippen LogP contribution in [0, 0.1) is 32.1 Å². The van der Waals surface area contributed by atoms with Gasteiger partial charge in [0.15, 0.2) is 5.69 Å². The second kappa shape index (κ2) is 5.82. The third kappa shape index (κ3) is 2.49. The van der Waals surface area contributed by atoms with Gasteiger partial charge in [0.1, 0.15) is 11.6 Å². The molecule has 0 aliphatic carbocycles. The Balaban J connectivity index is 2.62. The van der Waals surface area contributed by atoms with Gasteiger partial charge in [0.2, 0.25) is 5.88 Å². The highest BCUT2D eigenvalue weighted by Crippen LogP contribution is 2.32. The molecule has 0 spiro atoms. The summed E-state index contributed by atoms with van der Waals surface area (Å²) < 4.78 is 0.989. The molecule has 1 aromatic heterocycles. The molecule has 6 heteroatoms. The molecule has 0 amide bonds. The van der Waals surface area contributed by atoms with Gasteiger partial charge in [0.05, 0.1) is 5.69 Å². The summed E-state index contributed by atoms with van der Waals surface area (Å²) in [6.07, 6.45) is 0. The molecule has 6 nitrogen and oxygen atoms in total. The lowest BCUT2D eigenvalue weighted by Gasteiger charge is -2.09. The van der Waals surface area contributed by atoms with Crippen LogP contribution >= 0.6 is 0 Å². The van der Waals surface area contributed by atoms with E-state index < -0.39 is 5.56 Å². The van der Waals surface area contributed by atoms with Crippen molar-refractivity contribution < 1.29 is 5.11 Å².